The number of amidine groups is 1. The quantitative estimate of drug-likeness (QED) is 0.0551. The SMILES string of the molecule is CCc1cc(C)c(C)cc1C#N.CCc1cc(C)c(C)cc1N.CCc1cc(C)c(C)cc1[N+](=O)[O-].CCc1ccc(C)c(C)c1.Cc1cc(C#N)c(C(C)Br)cc1C.Cc1cc2c(cc1C)C(C)[N-]C2=N.[CH3-].[CH3-].[NH2-].[Y].[Y]. The van der Waals surface area contributed by atoms with Crippen LogP contribution < -0.4 is 5.73 Å². The van der Waals surface area contributed by atoms with Gasteiger partial charge in [-0.3, -0.25) is 10.1 Å². The predicted octanol–water partition coefficient (Wildman–Crippen LogP) is 19.1. The summed E-state index contributed by atoms with van der Waals surface area (Å²) in [5.41, 5.74) is 31.4. The van der Waals surface area contributed by atoms with Crippen LogP contribution in [-0.2, 0) is 91.1 Å². The Kier molecular flexibility index (Phi) is 39.3. The van der Waals surface area contributed by atoms with Crippen molar-refractivity contribution in [3.05, 3.63) is 232 Å². The second-order valence-electron chi connectivity index (χ2n) is 18.9. The molecule has 7 rings (SSSR count). The van der Waals surface area contributed by atoms with Gasteiger partial charge in [-0.2, -0.15) is 10.5 Å². The molecule has 0 fully saturated rings. The molecule has 6 aromatic rings. The molecule has 6 aromatic carbocycles. The van der Waals surface area contributed by atoms with Gasteiger partial charge in [0, 0.05) is 87.6 Å². The molecule has 0 saturated heterocycles. The van der Waals surface area contributed by atoms with Crippen LogP contribution in [0.2, 0.25) is 0 Å². The number of hydrogen-bond donors (Lipinski definition) is 2. The van der Waals surface area contributed by atoms with Gasteiger partial charge in [-0.1, -0.05) is 105 Å². The van der Waals surface area contributed by atoms with Gasteiger partial charge in [0.2, 0.25) is 0 Å². The summed E-state index contributed by atoms with van der Waals surface area (Å²) in [5, 5.41) is 40.3. The van der Waals surface area contributed by atoms with Gasteiger partial charge in [0.1, 0.15) is 0 Å². The molecule has 1 aliphatic rings. The molecule has 0 spiro atoms. The average molecular weight is 1260 g/mol. The zero-order chi connectivity index (χ0) is 54.7. The molecule has 1 heterocycles. The van der Waals surface area contributed by atoms with E-state index in [9.17, 15) is 10.1 Å². The van der Waals surface area contributed by atoms with Crippen molar-refractivity contribution in [2.24, 2.45) is 0 Å². The summed E-state index contributed by atoms with van der Waals surface area (Å²) in [7, 11) is 0. The van der Waals surface area contributed by atoms with E-state index in [1.54, 1.807) is 6.07 Å². The maximum Gasteiger partial charge on any atom is 0.272 e. The van der Waals surface area contributed by atoms with E-state index in [0.29, 0.717) is 12.3 Å². The van der Waals surface area contributed by atoms with E-state index in [1.807, 2.05) is 72.7 Å². The van der Waals surface area contributed by atoms with E-state index in [-0.39, 0.29) is 108 Å². The first-order valence-electron chi connectivity index (χ1n) is 25.0. The Hall–Kier alpha value is -4.38. The Morgan fingerprint density at radius 1 is 0.597 bits per heavy atom. The smallest absolute Gasteiger partial charge is 0.272 e. The van der Waals surface area contributed by atoms with E-state index in [2.05, 4.69) is 158 Å². The van der Waals surface area contributed by atoms with Crippen LogP contribution in [0.25, 0.3) is 11.5 Å². The first-order chi connectivity index (χ1) is 33.8. The first-order valence-corrected chi connectivity index (χ1v) is 25.9. The zero-order valence-corrected chi connectivity index (χ0v) is 57.5. The molecule has 2 unspecified atom stereocenters. The third kappa shape index (κ3) is 23.9. The van der Waals surface area contributed by atoms with Crippen molar-refractivity contribution < 1.29 is 70.3 Å². The van der Waals surface area contributed by atoms with E-state index in [4.69, 9.17) is 21.7 Å². The largest absolute Gasteiger partial charge is 0.693 e. The predicted molar refractivity (Wildman–Crippen MR) is 328 cm³/mol. The number of nitriles is 2. The zero-order valence-electron chi connectivity index (χ0n) is 50.3. The van der Waals surface area contributed by atoms with Crippen LogP contribution in [0.3, 0.4) is 0 Å². The number of anilines is 1. The van der Waals surface area contributed by atoms with E-state index in [0.717, 1.165) is 69.5 Å². The van der Waals surface area contributed by atoms with Gasteiger partial charge in [0.25, 0.3) is 5.69 Å². The van der Waals surface area contributed by atoms with Gasteiger partial charge in [-0.25, -0.2) is 0 Å². The van der Waals surface area contributed by atoms with Crippen molar-refractivity contribution in [3.8, 4) is 12.1 Å². The molecule has 12 heteroatoms. The summed E-state index contributed by atoms with van der Waals surface area (Å²) < 4.78 is 0. The van der Waals surface area contributed by atoms with Crippen molar-refractivity contribution in [2.45, 2.75) is 161 Å². The number of nitrogens with two attached hydrogens (primary N) is 2. The summed E-state index contributed by atoms with van der Waals surface area (Å²) in [6.07, 6.45) is 3.80. The Balaban J connectivity index is -0.000000411. The molecule has 0 saturated carbocycles. The van der Waals surface area contributed by atoms with Gasteiger partial charge in [-0.15, -0.1) is 0 Å². The summed E-state index contributed by atoms with van der Waals surface area (Å²) in [6, 6.07) is 31.3. The number of aryl methyl sites for hydroxylation is 16. The maximum atomic E-state index is 10.6. The number of nitro benzene ring substituents is 1. The second kappa shape index (κ2) is 38.3. The molecule has 2 atom stereocenters. The van der Waals surface area contributed by atoms with Crippen molar-refractivity contribution >= 4 is 33.1 Å². The summed E-state index contributed by atoms with van der Waals surface area (Å²) in [5.74, 6) is 0.436. The number of hydrogen-bond acceptors (Lipinski definition) is 6. The molecule has 0 aliphatic carbocycles. The standard InChI is InChI=1S/C11H12BrN.C11H13N2.C11H13N.C10H13NO2.C10H15N.C10H14.2CH3.H2N.2Y/c1-7-4-10(6-13)11(9(3)12)5-8(7)2;1-6-4-9-8(3)13-11(12)10(9)5-7(6)2;1-4-10-5-8(2)9(3)6-11(10)7-12;1-4-9-5-7(2)8(3)6-10(9)11(12)13;1-4-9-5-7(2)8(3)6-10(9)11;1-4-10-6-5-8(2)9(3)7-10;;;;;/h4-5,9H,1-3H3;4-5,8H,1-3H3,(H-,12,13);5-6H,4H2,1-3H3;5-6H,4H2,1-3H3;5-6H,4,11H2,1-3H3;5-7H,4H2,1-3H3;2*1H3;1H2;;/q;-1;;;;;3*-1;;. The normalized spacial score (nSPS) is 11.3. The minimum Gasteiger partial charge on any atom is -0.693 e. The average Bonchev–Trinajstić information content (AvgIpc) is 3.61. The van der Waals surface area contributed by atoms with E-state index in [1.165, 1.54) is 72.3 Å². The van der Waals surface area contributed by atoms with E-state index >= 15 is 0 Å². The number of halogens is 1. The minimum atomic E-state index is -0.314. The fraction of sp³-hybridized carbons (Fsp3) is 0.369. The number of benzene rings is 6. The number of alkyl halides is 1. The molecular formula is C65H88BrN7O2Y2-4. The molecule has 0 amide bonds. The van der Waals surface area contributed by atoms with Crippen molar-refractivity contribution in [2.75, 3.05) is 5.73 Å². The van der Waals surface area contributed by atoms with Crippen LogP contribution in [0.15, 0.2) is 78.9 Å². The van der Waals surface area contributed by atoms with Crippen molar-refractivity contribution in [1.29, 1.82) is 15.9 Å². The van der Waals surface area contributed by atoms with Crippen molar-refractivity contribution in [1.82, 2.24) is 0 Å². The second-order valence-corrected chi connectivity index (χ2v) is 20.3. The molecule has 9 nitrogen and oxygen atoms in total. The number of nitrogens with one attached hydrogen (secondary N) is 1. The first kappa shape index (κ1) is 79.1. The number of fused-ring (bicyclic) bond motifs is 1. The molecular weight excluding hydrogens is 1170 g/mol. The molecule has 0 aromatic heterocycles. The third-order valence-corrected chi connectivity index (χ3v) is 14.0. The fourth-order valence-electron chi connectivity index (χ4n) is 7.80. The van der Waals surface area contributed by atoms with Gasteiger partial charge in [0.05, 0.1) is 28.2 Å². The number of nitrogens with zero attached hydrogens (tertiary/aromatic N) is 4. The Morgan fingerprint density at radius 2 is 1.00 bits per heavy atom. The topological polar surface area (TPSA) is 188 Å². The third-order valence-electron chi connectivity index (χ3n) is 13.5. The van der Waals surface area contributed by atoms with Gasteiger partial charge >= 0.3 is 0 Å². The monoisotopic (exact) mass is 1260 g/mol. The Morgan fingerprint density at radius 3 is 1.45 bits per heavy atom. The number of nitro groups is 1. The van der Waals surface area contributed by atoms with Crippen LogP contribution in [0.5, 0.6) is 0 Å². The Bertz CT molecular complexity index is 2940. The molecule has 5 N–H and O–H groups in total. The minimum absolute atomic E-state index is 0. The van der Waals surface area contributed by atoms with Crippen LogP contribution in [0.1, 0.15) is 169 Å². The molecule has 1 aliphatic heterocycles. The van der Waals surface area contributed by atoms with Crippen LogP contribution in [0.4, 0.5) is 11.4 Å². The van der Waals surface area contributed by atoms with Crippen LogP contribution in [0, 0.1) is 136 Å². The molecule has 412 valence electrons. The van der Waals surface area contributed by atoms with Crippen LogP contribution >= 0.6 is 15.9 Å². The van der Waals surface area contributed by atoms with Crippen LogP contribution in [-0.4, -0.2) is 10.8 Å². The van der Waals surface area contributed by atoms with Gasteiger partial charge in [-0.05, 0) is 246 Å². The summed E-state index contributed by atoms with van der Waals surface area (Å²) in [4.78, 5) is 10.6. The molecule has 0 bridgehead atoms. The maximum absolute atomic E-state index is 10.6. The van der Waals surface area contributed by atoms with Gasteiger partial charge < -0.3 is 37.5 Å². The molecule has 77 heavy (non-hydrogen) atoms. The molecule has 2 radical (unpaired) electrons. The fourth-order valence-corrected chi connectivity index (χ4v) is 8.18. The van der Waals surface area contributed by atoms with Gasteiger partial charge in [0.15, 0.2) is 0 Å². The van der Waals surface area contributed by atoms with E-state index < -0.39 is 0 Å². The number of nitrogen functional groups attached to an aromatic ring is 1. The van der Waals surface area contributed by atoms with Crippen molar-refractivity contribution in [3.63, 3.8) is 0 Å². The Labute approximate surface area is 525 Å². The number of rotatable bonds is 6. The summed E-state index contributed by atoms with van der Waals surface area (Å²) >= 11 is 3.48. The summed E-state index contributed by atoms with van der Waals surface area (Å²) in [6.45, 7) is 37.1.